The molecular weight excluding hydrogens is 394 g/mol. The van der Waals surface area contributed by atoms with E-state index >= 15 is 0 Å². The molecule has 0 N–H and O–H groups in total. The summed E-state index contributed by atoms with van der Waals surface area (Å²) in [5.74, 6) is -1.51. The molecule has 1 amide bonds. The van der Waals surface area contributed by atoms with E-state index in [1.54, 1.807) is 7.05 Å². The highest BCUT2D eigenvalue weighted by atomic mass is 19.4. The molecule has 162 valence electrons. The molecule has 1 unspecified atom stereocenters. The summed E-state index contributed by atoms with van der Waals surface area (Å²) in [7, 11) is 4.81. The van der Waals surface area contributed by atoms with Crippen LogP contribution in [0.25, 0.3) is 0 Å². The highest BCUT2D eigenvalue weighted by Gasteiger charge is 2.64. The lowest BCUT2D eigenvalue weighted by Gasteiger charge is -2.26. The summed E-state index contributed by atoms with van der Waals surface area (Å²) in [5.41, 5.74) is -1.61. The van der Waals surface area contributed by atoms with Crippen molar-refractivity contribution in [2.24, 2.45) is 5.41 Å². The molecular formula is C19H25F4N3O3. The molecule has 10 heteroatoms. The number of carbonyl (C=O) groups is 1. The summed E-state index contributed by atoms with van der Waals surface area (Å²) in [6.45, 7) is 0.216. The van der Waals surface area contributed by atoms with Gasteiger partial charge < -0.3 is 14.4 Å². The van der Waals surface area contributed by atoms with E-state index < -0.39 is 29.9 Å². The first-order chi connectivity index (χ1) is 13.6. The predicted molar refractivity (Wildman–Crippen MR) is 96.1 cm³/mol. The van der Waals surface area contributed by atoms with Gasteiger partial charge in [0, 0.05) is 12.6 Å². The minimum Gasteiger partial charge on any atom is -0.481 e. The van der Waals surface area contributed by atoms with Crippen LogP contribution in [0.1, 0.15) is 31.2 Å². The number of hydrogen-bond acceptors (Lipinski definition) is 5. The Hall–Kier alpha value is -2.10. The van der Waals surface area contributed by atoms with Gasteiger partial charge in [0.2, 0.25) is 11.8 Å². The number of hydrogen-bond donors (Lipinski definition) is 0. The van der Waals surface area contributed by atoms with Crippen LogP contribution in [0.15, 0.2) is 6.07 Å². The summed E-state index contributed by atoms with van der Waals surface area (Å²) in [4.78, 5) is 20.0. The standard InChI is InChI=1S/C19H25F4N3O3/c1-25-8-4-5-14(25)17(27)26(2)10-12-9-13(20)16(24-15(12)28-3)29-11-18(6-7-18)19(21,22)23/h9,14H,4-8,10-11H2,1-3H3. The summed E-state index contributed by atoms with van der Waals surface area (Å²) >= 11 is 0. The van der Waals surface area contributed by atoms with Gasteiger partial charge in [-0.15, -0.1) is 0 Å². The van der Waals surface area contributed by atoms with E-state index in [1.807, 2.05) is 11.9 Å². The maximum absolute atomic E-state index is 14.4. The molecule has 29 heavy (non-hydrogen) atoms. The van der Waals surface area contributed by atoms with Crippen LogP contribution in [-0.2, 0) is 11.3 Å². The van der Waals surface area contributed by atoms with Gasteiger partial charge in [-0.05, 0) is 45.3 Å². The Labute approximate surface area is 166 Å². The molecule has 2 aliphatic rings. The molecule has 2 heterocycles. The minimum atomic E-state index is -4.40. The van der Waals surface area contributed by atoms with Crippen molar-refractivity contribution >= 4 is 5.91 Å². The van der Waals surface area contributed by atoms with Gasteiger partial charge in [-0.3, -0.25) is 9.69 Å². The lowest BCUT2D eigenvalue weighted by molar-refractivity contribution is -0.194. The molecule has 1 saturated heterocycles. The Morgan fingerprint density at radius 3 is 2.59 bits per heavy atom. The van der Waals surface area contributed by atoms with E-state index in [4.69, 9.17) is 9.47 Å². The lowest BCUT2D eigenvalue weighted by atomic mass is 10.1. The van der Waals surface area contributed by atoms with E-state index in [0.29, 0.717) is 5.56 Å². The van der Waals surface area contributed by atoms with Gasteiger partial charge >= 0.3 is 6.18 Å². The topological polar surface area (TPSA) is 54.9 Å². The Morgan fingerprint density at radius 2 is 2.07 bits per heavy atom. The van der Waals surface area contributed by atoms with Crippen LogP contribution in [0.4, 0.5) is 17.6 Å². The second-order valence-electron chi connectivity index (χ2n) is 7.84. The van der Waals surface area contributed by atoms with Crippen LogP contribution >= 0.6 is 0 Å². The van der Waals surface area contributed by atoms with Gasteiger partial charge in [-0.25, -0.2) is 4.39 Å². The second-order valence-corrected chi connectivity index (χ2v) is 7.84. The number of pyridine rings is 1. The number of likely N-dealkylation sites (N-methyl/N-ethyl adjacent to an activating group) is 2. The third-order valence-electron chi connectivity index (χ3n) is 5.71. The van der Waals surface area contributed by atoms with Gasteiger partial charge in [0.25, 0.3) is 5.88 Å². The average molecular weight is 419 g/mol. The summed E-state index contributed by atoms with van der Waals surface area (Å²) < 4.78 is 63.7. The molecule has 0 bridgehead atoms. The molecule has 1 saturated carbocycles. The van der Waals surface area contributed by atoms with Gasteiger partial charge in [-0.1, -0.05) is 0 Å². The zero-order valence-electron chi connectivity index (χ0n) is 16.7. The number of aromatic nitrogens is 1. The molecule has 0 radical (unpaired) electrons. The first kappa shape index (κ1) is 21.6. The van der Waals surface area contributed by atoms with Crippen LogP contribution < -0.4 is 9.47 Å². The van der Waals surface area contributed by atoms with Crippen molar-refractivity contribution in [3.8, 4) is 11.8 Å². The molecule has 1 atom stereocenters. The van der Waals surface area contributed by atoms with E-state index in [9.17, 15) is 22.4 Å². The second kappa shape index (κ2) is 7.97. The fourth-order valence-electron chi connectivity index (χ4n) is 3.56. The molecule has 2 fully saturated rings. The van der Waals surface area contributed by atoms with Crippen LogP contribution in [0, 0.1) is 11.2 Å². The third-order valence-corrected chi connectivity index (χ3v) is 5.71. The molecule has 1 aromatic rings. The van der Waals surface area contributed by atoms with Crippen LogP contribution in [0.2, 0.25) is 0 Å². The van der Waals surface area contributed by atoms with Crippen LogP contribution in [0.3, 0.4) is 0 Å². The number of carbonyl (C=O) groups excluding carboxylic acids is 1. The molecule has 1 aliphatic carbocycles. The zero-order valence-corrected chi connectivity index (χ0v) is 16.7. The Morgan fingerprint density at radius 1 is 1.38 bits per heavy atom. The number of methoxy groups -OCH3 is 1. The van der Waals surface area contributed by atoms with Crippen LogP contribution in [-0.4, -0.2) is 67.3 Å². The van der Waals surface area contributed by atoms with Crippen molar-refractivity contribution in [1.29, 1.82) is 0 Å². The summed E-state index contributed by atoms with van der Waals surface area (Å²) in [5, 5.41) is 0. The number of amides is 1. The van der Waals surface area contributed by atoms with Crippen molar-refractivity contribution < 1.29 is 31.8 Å². The van der Waals surface area contributed by atoms with Crippen LogP contribution in [0.5, 0.6) is 11.8 Å². The molecule has 0 spiro atoms. The maximum atomic E-state index is 14.4. The number of nitrogens with zero attached hydrogens (tertiary/aromatic N) is 3. The SMILES string of the molecule is COc1nc(OCC2(C(F)(F)F)CC2)c(F)cc1CN(C)C(=O)C1CCCN1C. The van der Waals surface area contributed by atoms with E-state index in [2.05, 4.69) is 4.98 Å². The Kier molecular flexibility index (Phi) is 5.93. The van der Waals surface area contributed by atoms with Gasteiger partial charge in [0.05, 0.1) is 19.7 Å². The fraction of sp³-hybridized carbons (Fsp3) is 0.684. The number of ether oxygens (including phenoxy) is 2. The first-order valence-electron chi connectivity index (χ1n) is 9.46. The van der Waals surface area contributed by atoms with Crippen molar-refractivity contribution in [3.63, 3.8) is 0 Å². The zero-order chi connectivity index (χ0) is 21.4. The smallest absolute Gasteiger partial charge is 0.397 e. The van der Waals surface area contributed by atoms with E-state index in [0.717, 1.165) is 25.5 Å². The normalized spacial score (nSPS) is 21.1. The maximum Gasteiger partial charge on any atom is 0.397 e. The molecule has 0 aromatic carbocycles. The number of rotatable bonds is 7. The summed E-state index contributed by atoms with van der Waals surface area (Å²) in [6, 6.07) is 0.875. The fourth-order valence-corrected chi connectivity index (χ4v) is 3.56. The number of likely N-dealkylation sites (tertiary alicyclic amines) is 1. The first-order valence-corrected chi connectivity index (χ1v) is 9.46. The largest absolute Gasteiger partial charge is 0.481 e. The molecule has 1 aliphatic heterocycles. The lowest BCUT2D eigenvalue weighted by Crippen LogP contribution is -2.42. The number of halogens is 4. The van der Waals surface area contributed by atoms with Gasteiger partial charge in [0.15, 0.2) is 5.82 Å². The summed E-state index contributed by atoms with van der Waals surface area (Å²) in [6.07, 6.45) is -2.79. The third kappa shape index (κ3) is 4.41. The van der Waals surface area contributed by atoms with Crippen molar-refractivity contribution in [2.75, 3.05) is 34.4 Å². The highest BCUT2D eigenvalue weighted by molar-refractivity contribution is 5.82. The van der Waals surface area contributed by atoms with Gasteiger partial charge in [0.1, 0.15) is 12.0 Å². The van der Waals surface area contributed by atoms with E-state index in [1.165, 1.54) is 12.0 Å². The van der Waals surface area contributed by atoms with Crippen molar-refractivity contribution in [3.05, 3.63) is 17.4 Å². The molecule has 3 rings (SSSR count). The Bertz CT molecular complexity index is 768. The van der Waals surface area contributed by atoms with Crippen molar-refractivity contribution in [1.82, 2.24) is 14.8 Å². The van der Waals surface area contributed by atoms with Crippen molar-refractivity contribution in [2.45, 2.75) is 44.4 Å². The predicted octanol–water partition coefficient (Wildman–Crippen LogP) is 3.00. The highest BCUT2D eigenvalue weighted by Crippen LogP contribution is 2.57. The molecule has 6 nitrogen and oxygen atoms in total. The minimum absolute atomic E-state index is 0.0117. The quantitative estimate of drug-likeness (QED) is 0.636. The average Bonchev–Trinajstić information content (AvgIpc) is 3.35. The number of alkyl halides is 3. The molecule has 1 aromatic heterocycles. The Balaban J connectivity index is 1.70. The van der Waals surface area contributed by atoms with E-state index in [-0.39, 0.29) is 37.2 Å². The monoisotopic (exact) mass is 419 g/mol. The van der Waals surface area contributed by atoms with Gasteiger partial charge in [-0.2, -0.15) is 18.2 Å².